The molecule has 3 heteroatoms. The fourth-order valence-corrected chi connectivity index (χ4v) is 3.06. The Kier molecular flexibility index (Phi) is 6.07. The summed E-state index contributed by atoms with van der Waals surface area (Å²) in [4.78, 5) is 2.40. The number of nitrogens with one attached hydrogen (secondary N) is 1. The minimum absolute atomic E-state index is 0.295. The molecule has 118 valence electrons. The second-order valence-corrected chi connectivity index (χ2v) is 5.96. The number of hydrogen-bond acceptors (Lipinski definition) is 3. The average Bonchev–Trinajstić information content (AvgIpc) is 2.58. The van der Waals surface area contributed by atoms with Gasteiger partial charge in [0.1, 0.15) is 0 Å². The van der Waals surface area contributed by atoms with Crippen molar-refractivity contribution in [2.75, 3.05) is 31.2 Å². The van der Waals surface area contributed by atoms with Gasteiger partial charge in [0.2, 0.25) is 0 Å². The molecule has 1 aromatic carbocycles. The number of hydrogen-bond donors (Lipinski definition) is 1. The predicted molar refractivity (Wildman–Crippen MR) is 89.9 cm³/mol. The van der Waals surface area contributed by atoms with Crippen LogP contribution in [0.5, 0.6) is 0 Å². The van der Waals surface area contributed by atoms with Crippen LogP contribution in [0, 0.1) is 0 Å². The molecule has 1 aliphatic heterocycles. The lowest BCUT2D eigenvalue weighted by atomic mass is 9.89. The lowest BCUT2D eigenvalue weighted by Crippen LogP contribution is -2.43. The van der Waals surface area contributed by atoms with E-state index in [1.54, 1.807) is 0 Å². The zero-order valence-electron chi connectivity index (χ0n) is 13.8. The molecule has 21 heavy (non-hydrogen) atoms. The van der Waals surface area contributed by atoms with E-state index in [2.05, 4.69) is 55.3 Å². The quantitative estimate of drug-likeness (QED) is 0.830. The van der Waals surface area contributed by atoms with Crippen LogP contribution in [0.15, 0.2) is 24.3 Å². The molecule has 1 saturated heterocycles. The summed E-state index contributed by atoms with van der Waals surface area (Å²) in [5.41, 5.74) is 2.98. The Morgan fingerprint density at radius 1 is 1.00 bits per heavy atom. The smallest absolute Gasteiger partial charge is 0.0642 e. The highest BCUT2D eigenvalue weighted by atomic mass is 16.5. The van der Waals surface area contributed by atoms with Gasteiger partial charge in [0.25, 0.3) is 0 Å². The van der Waals surface area contributed by atoms with Crippen molar-refractivity contribution in [2.45, 2.75) is 52.1 Å². The van der Waals surface area contributed by atoms with Gasteiger partial charge in [0.05, 0.1) is 13.2 Å². The number of nitrogens with zero attached hydrogens (tertiary/aromatic N) is 1. The SMILES string of the molecule is CCC(CC)(CC)NCc1ccc(N2CCOCC2)cc1. The summed E-state index contributed by atoms with van der Waals surface area (Å²) in [5.74, 6) is 0. The molecule has 0 unspecified atom stereocenters. The van der Waals surface area contributed by atoms with Crippen LogP contribution in [0.25, 0.3) is 0 Å². The zero-order valence-corrected chi connectivity index (χ0v) is 13.8. The van der Waals surface area contributed by atoms with Crippen molar-refractivity contribution in [1.82, 2.24) is 5.32 Å². The number of ether oxygens (including phenoxy) is 1. The maximum absolute atomic E-state index is 5.41. The van der Waals surface area contributed by atoms with E-state index in [0.717, 1.165) is 32.8 Å². The van der Waals surface area contributed by atoms with E-state index in [4.69, 9.17) is 4.74 Å². The highest BCUT2D eigenvalue weighted by molar-refractivity contribution is 5.47. The molecule has 1 aromatic rings. The topological polar surface area (TPSA) is 24.5 Å². The first-order valence-electron chi connectivity index (χ1n) is 8.39. The molecule has 0 saturated carbocycles. The molecular formula is C18H30N2O. The molecule has 0 aliphatic carbocycles. The lowest BCUT2D eigenvalue weighted by Gasteiger charge is -2.32. The van der Waals surface area contributed by atoms with Gasteiger partial charge in [-0.2, -0.15) is 0 Å². The van der Waals surface area contributed by atoms with E-state index < -0.39 is 0 Å². The van der Waals surface area contributed by atoms with Gasteiger partial charge in [-0.05, 0) is 37.0 Å². The molecule has 0 atom stereocenters. The van der Waals surface area contributed by atoms with Crippen molar-refractivity contribution in [1.29, 1.82) is 0 Å². The van der Waals surface area contributed by atoms with E-state index >= 15 is 0 Å². The second-order valence-electron chi connectivity index (χ2n) is 5.96. The Labute approximate surface area is 129 Å². The number of anilines is 1. The standard InChI is InChI=1S/C18H30N2O/c1-4-18(5-2,6-3)19-15-16-7-9-17(10-8-16)20-11-13-21-14-12-20/h7-10,19H,4-6,11-15H2,1-3H3. The van der Waals surface area contributed by atoms with Crippen LogP contribution in [0.4, 0.5) is 5.69 Å². The Bertz CT molecular complexity index is 397. The van der Waals surface area contributed by atoms with Crippen LogP contribution in [-0.4, -0.2) is 31.8 Å². The molecule has 1 N–H and O–H groups in total. The Balaban J connectivity index is 1.92. The lowest BCUT2D eigenvalue weighted by molar-refractivity contribution is 0.122. The second kappa shape index (κ2) is 7.81. The molecule has 0 radical (unpaired) electrons. The molecule has 1 fully saturated rings. The monoisotopic (exact) mass is 290 g/mol. The summed E-state index contributed by atoms with van der Waals surface area (Å²) < 4.78 is 5.41. The maximum Gasteiger partial charge on any atom is 0.0642 e. The van der Waals surface area contributed by atoms with Crippen molar-refractivity contribution < 1.29 is 4.74 Å². The van der Waals surface area contributed by atoms with Crippen LogP contribution in [-0.2, 0) is 11.3 Å². The Hall–Kier alpha value is -1.06. The van der Waals surface area contributed by atoms with Crippen molar-refractivity contribution in [3.63, 3.8) is 0 Å². The summed E-state index contributed by atoms with van der Waals surface area (Å²) >= 11 is 0. The average molecular weight is 290 g/mol. The molecule has 0 aromatic heterocycles. The molecule has 0 amide bonds. The minimum Gasteiger partial charge on any atom is -0.378 e. The van der Waals surface area contributed by atoms with Crippen molar-refractivity contribution in [3.8, 4) is 0 Å². The maximum atomic E-state index is 5.41. The van der Waals surface area contributed by atoms with E-state index in [0.29, 0.717) is 5.54 Å². The molecule has 2 rings (SSSR count). The summed E-state index contributed by atoms with van der Waals surface area (Å²) in [6.45, 7) is 11.5. The van der Waals surface area contributed by atoms with Gasteiger partial charge in [-0.3, -0.25) is 0 Å². The molecular weight excluding hydrogens is 260 g/mol. The van der Waals surface area contributed by atoms with Gasteiger partial charge in [-0.1, -0.05) is 32.9 Å². The summed E-state index contributed by atoms with van der Waals surface area (Å²) in [6, 6.07) is 8.99. The van der Waals surface area contributed by atoms with E-state index in [9.17, 15) is 0 Å². The van der Waals surface area contributed by atoms with Crippen LogP contribution >= 0.6 is 0 Å². The van der Waals surface area contributed by atoms with Gasteiger partial charge in [-0.25, -0.2) is 0 Å². The van der Waals surface area contributed by atoms with Crippen molar-refractivity contribution >= 4 is 5.69 Å². The first-order chi connectivity index (χ1) is 10.2. The third kappa shape index (κ3) is 4.21. The van der Waals surface area contributed by atoms with Gasteiger partial charge in [0.15, 0.2) is 0 Å². The summed E-state index contributed by atoms with van der Waals surface area (Å²) in [7, 11) is 0. The van der Waals surface area contributed by atoms with Crippen LogP contribution in [0.1, 0.15) is 45.6 Å². The molecule has 3 nitrogen and oxygen atoms in total. The molecule has 1 heterocycles. The van der Waals surface area contributed by atoms with Gasteiger partial charge >= 0.3 is 0 Å². The molecule has 0 bridgehead atoms. The van der Waals surface area contributed by atoms with Crippen LogP contribution in [0.2, 0.25) is 0 Å². The van der Waals surface area contributed by atoms with Crippen LogP contribution in [0.3, 0.4) is 0 Å². The minimum atomic E-state index is 0.295. The molecule has 0 spiro atoms. The fraction of sp³-hybridized carbons (Fsp3) is 0.667. The van der Waals surface area contributed by atoms with E-state index in [-0.39, 0.29) is 0 Å². The van der Waals surface area contributed by atoms with Gasteiger partial charge in [0, 0.05) is 30.9 Å². The third-order valence-corrected chi connectivity index (χ3v) is 5.01. The van der Waals surface area contributed by atoms with Gasteiger partial charge < -0.3 is 15.0 Å². The summed E-state index contributed by atoms with van der Waals surface area (Å²) in [5, 5.41) is 3.76. The fourth-order valence-electron chi connectivity index (χ4n) is 3.06. The third-order valence-electron chi connectivity index (χ3n) is 5.01. The Morgan fingerprint density at radius 3 is 2.10 bits per heavy atom. The highest BCUT2D eigenvalue weighted by Gasteiger charge is 2.22. The summed E-state index contributed by atoms with van der Waals surface area (Å²) in [6.07, 6.45) is 3.56. The zero-order chi connectivity index (χ0) is 15.1. The first kappa shape index (κ1) is 16.3. The number of morpholine rings is 1. The number of benzene rings is 1. The van der Waals surface area contributed by atoms with E-state index in [1.807, 2.05) is 0 Å². The van der Waals surface area contributed by atoms with Crippen LogP contribution < -0.4 is 10.2 Å². The predicted octanol–water partition coefficient (Wildman–Crippen LogP) is 3.58. The molecule has 1 aliphatic rings. The van der Waals surface area contributed by atoms with E-state index in [1.165, 1.54) is 30.5 Å². The van der Waals surface area contributed by atoms with Crippen molar-refractivity contribution in [3.05, 3.63) is 29.8 Å². The highest BCUT2D eigenvalue weighted by Crippen LogP contribution is 2.21. The normalized spacial score (nSPS) is 16.2. The first-order valence-corrected chi connectivity index (χ1v) is 8.39. The van der Waals surface area contributed by atoms with Gasteiger partial charge in [-0.15, -0.1) is 0 Å². The number of rotatable bonds is 7. The van der Waals surface area contributed by atoms with Crippen molar-refractivity contribution in [2.24, 2.45) is 0 Å². The largest absolute Gasteiger partial charge is 0.378 e. The Morgan fingerprint density at radius 2 is 1.57 bits per heavy atom.